The molecule has 5 unspecified atom stereocenters. The molecule has 0 radical (unpaired) electrons. The second kappa shape index (κ2) is 15.2. The minimum absolute atomic E-state index is 0.0837. The van der Waals surface area contributed by atoms with Crippen LogP contribution in [0.15, 0.2) is 39.8 Å². The van der Waals surface area contributed by atoms with Crippen molar-refractivity contribution in [3.05, 3.63) is 103 Å². The number of nitriles is 5. The summed E-state index contributed by atoms with van der Waals surface area (Å²) in [6.07, 6.45) is 0.0774. The van der Waals surface area contributed by atoms with Crippen molar-refractivity contribution in [3.63, 3.8) is 0 Å². The summed E-state index contributed by atoms with van der Waals surface area (Å²) >= 11 is 0. The summed E-state index contributed by atoms with van der Waals surface area (Å²) in [6.45, 7) is 2.68. The Hall–Kier alpha value is -5.86. The van der Waals surface area contributed by atoms with Crippen LogP contribution in [-0.4, -0.2) is 0 Å². The van der Waals surface area contributed by atoms with Crippen molar-refractivity contribution in [3.8, 4) is 42.2 Å². The molecule has 52 heavy (non-hydrogen) atoms. The minimum Gasteiger partial charge on any atom is -0.209 e. The fourth-order valence-corrected chi connectivity index (χ4v) is 6.47. The molecule has 16 heteroatoms. The van der Waals surface area contributed by atoms with Crippen molar-refractivity contribution in [1.29, 1.82) is 26.3 Å². The maximum Gasteiger partial charge on any atom is 0.180 e. The smallest absolute Gasteiger partial charge is 0.180 e. The molecule has 1 saturated carbocycles. The van der Waals surface area contributed by atoms with E-state index in [1.807, 2.05) is 0 Å². The van der Waals surface area contributed by atoms with Gasteiger partial charge in [-0.25, -0.2) is 43.9 Å². The third kappa shape index (κ3) is 6.20. The van der Waals surface area contributed by atoms with Crippen LogP contribution in [0.1, 0.15) is 61.3 Å². The van der Waals surface area contributed by atoms with Gasteiger partial charge in [0.25, 0.3) is 0 Å². The third-order valence-electron chi connectivity index (χ3n) is 8.54. The zero-order valence-corrected chi connectivity index (χ0v) is 27.7. The van der Waals surface area contributed by atoms with Gasteiger partial charge in [-0.15, -0.1) is 9.24 Å². The van der Waals surface area contributed by atoms with Crippen molar-refractivity contribution in [1.82, 2.24) is 0 Å². The van der Waals surface area contributed by atoms with E-state index in [0.717, 1.165) is 19.1 Å². The fraction of sp³-hybridized carbons (Fsp3) is 0.250. The van der Waals surface area contributed by atoms with Gasteiger partial charge < -0.3 is 0 Å². The molecule has 2 aliphatic rings. The normalized spacial score (nSPS) is 23.3. The molecule has 5 atom stereocenters. The predicted molar refractivity (Wildman–Crippen MR) is 166 cm³/mol. The largest absolute Gasteiger partial charge is 0.209 e. The Morgan fingerprint density at radius 3 is 1.77 bits per heavy atom. The number of unbranched alkanes of at least 4 members (excludes halogenated alkanes) is 1. The van der Waals surface area contributed by atoms with Gasteiger partial charge in [-0.3, -0.25) is 0 Å². The molecule has 0 bridgehead atoms. The topological polar surface area (TPSA) is 119 Å². The van der Waals surface area contributed by atoms with Crippen molar-refractivity contribution in [2.24, 2.45) is 17.8 Å². The molecule has 2 aromatic carbocycles. The van der Waals surface area contributed by atoms with E-state index in [2.05, 4.69) is 11.8 Å². The van der Waals surface area contributed by atoms with E-state index >= 15 is 30.7 Å². The molecular formula is C36H18F10N5P. The lowest BCUT2D eigenvalue weighted by atomic mass is 9.85. The van der Waals surface area contributed by atoms with Crippen molar-refractivity contribution in [2.75, 3.05) is 0 Å². The van der Waals surface area contributed by atoms with Gasteiger partial charge in [-0.2, -0.15) is 26.3 Å². The number of benzene rings is 2. The van der Waals surface area contributed by atoms with Gasteiger partial charge in [-0.1, -0.05) is 31.6 Å². The zero-order chi connectivity index (χ0) is 38.9. The van der Waals surface area contributed by atoms with Crippen LogP contribution in [0.3, 0.4) is 0 Å². The van der Waals surface area contributed by atoms with Crippen molar-refractivity contribution < 1.29 is 43.9 Å². The number of halogens is 10. The number of hydrogen-bond acceptors (Lipinski definition) is 5. The molecule has 0 amide bonds. The molecule has 0 N–H and O–H groups in total. The molecule has 0 spiro atoms. The first-order valence-electron chi connectivity index (χ1n) is 14.9. The molecule has 2 aliphatic carbocycles. The van der Waals surface area contributed by atoms with Crippen LogP contribution in [0.4, 0.5) is 43.9 Å². The van der Waals surface area contributed by atoms with Crippen LogP contribution in [0, 0.1) is 127 Å². The van der Waals surface area contributed by atoms with E-state index in [0.29, 0.717) is 6.42 Å². The third-order valence-corrected chi connectivity index (χ3v) is 9.10. The van der Waals surface area contributed by atoms with E-state index in [1.165, 1.54) is 18.2 Å². The van der Waals surface area contributed by atoms with Gasteiger partial charge in [0, 0.05) is 16.8 Å². The van der Waals surface area contributed by atoms with Crippen molar-refractivity contribution >= 4 is 20.1 Å². The van der Waals surface area contributed by atoms with E-state index in [4.69, 9.17) is 5.26 Å². The molecule has 0 saturated heterocycles. The van der Waals surface area contributed by atoms with Crippen molar-refractivity contribution in [2.45, 2.75) is 39.0 Å². The Morgan fingerprint density at radius 1 is 0.712 bits per heavy atom. The molecule has 262 valence electrons. The van der Waals surface area contributed by atoms with Gasteiger partial charge in [0.1, 0.15) is 52.7 Å². The molecular weight excluding hydrogens is 723 g/mol. The first-order valence-corrected chi connectivity index (χ1v) is 15.5. The Kier molecular flexibility index (Phi) is 11.4. The minimum atomic E-state index is -2.34. The van der Waals surface area contributed by atoms with Gasteiger partial charge in [0.15, 0.2) is 52.4 Å². The van der Waals surface area contributed by atoms with Crippen LogP contribution >= 0.6 is 9.24 Å². The number of allylic oxidation sites excluding steroid dienone is 8. The highest BCUT2D eigenvalue weighted by atomic mass is 31.0. The second-order valence-electron chi connectivity index (χ2n) is 11.4. The maximum atomic E-state index is 15.8. The van der Waals surface area contributed by atoms with Crippen LogP contribution < -0.4 is 5.30 Å². The molecule has 1 fully saturated rings. The number of hydrogen-bond donors (Lipinski definition) is 0. The zero-order valence-electron chi connectivity index (χ0n) is 26.5. The summed E-state index contributed by atoms with van der Waals surface area (Å²) in [7, 11) is 1.76. The fourth-order valence-electron chi connectivity index (χ4n) is 5.99. The lowest BCUT2D eigenvalue weighted by Crippen LogP contribution is -2.20. The van der Waals surface area contributed by atoms with Crippen LogP contribution in [0.2, 0.25) is 0 Å². The maximum absolute atomic E-state index is 15.8. The highest BCUT2D eigenvalue weighted by molar-refractivity contribution is 7.27. The van der Waals surface area contributed by atoms with Gasteiger partial charge in [0.05, 0.1) is 28.7 Å². The first kappa shape index (κ1) is 38.9. The van der Waals surface area contributed by atoms with Gasteiger partial charge in [0.2, 0.25) is 0 Å². The molecule has 5 nitrogen and oxygen atoms in total. The average molecular weight is 742 g/mol. The molecule has 0 aliphatic heterocycles. The lowest BCUT2D eigenvalue weighted by molar-refractivity contribution is 0.446. The van der Waals surface area contributed by atoms with E-state index in [-0.39, 0.29) is 12.8 Å². The summed E-state index contributed by atoms with van der Waals surface area (Å²) < 4.78 is 152. The Bertz CT molecular complexity index is 2310. The van der Waals surface area contributed by atoms with Crippen LogP contribution in [-0.2, 0) is 0 Å². The second-order valence-corrected chi connectivity index (χ2v) is 12.0. The predicted octanol–water partition coefficient (Wildman–Crippen LogP) is 8.77. The number of nitrogens with zero attached hydrogens (tertiary/aromatic N) is 5. The summed E-state index contributed by atoms with van der Waals surface area (Å²) in [5.74, 6) is -22.8. The molecule has 4 rings (SSSR count). The van der Waals surface area contributed by atoms with E-state index in [1.54, 1.807) is 16.2 Å². The number of rotatable bonds is 7. The standard InChI is InChI=1S/C36H18F10N5P/c1-3-4-5-15(25-35(46)31(42)20(12-51)32(43)36(25)52)21-22(16(8-47)14-7-6-13(2)26(37)18(10-49)28(39)27(14)38)23(21)17(9-48)24-33(44)29(40)19(11-50)30(41)34(24)45/h13-15,21H,3-5,52H2,1-2H3/b22-16+,23-17-,26-18+,28-27-. The SMILES string of the molecule is CCCCC(c1c(F)c(F)c(C#N)c(F)c1P)C1C(=C(/C#N)C2C#CC(C)/C(F)=C(C#N)\C(F)=C/2F)/C1=C(/C#N)c1c(F)c(F)c(C#N)c(F)c1F. The summed E-state index contributed by atoms with van der Waals surface area (Å²) in [6, 6.07) is 6.09. The lowest BCUT2D eigenvalue weighted by Gasteiger charge is -2.21. The molecule has 2 aromatic rings. The molecule has 0 aromatic heterocycles. The highest BCUT2D eigenvalue weighted by Gasteiger charge is 2.52. The highest BCUT2D eigenvalue weighted by Crippen LogP contribution is 2.61. The first-order chi connectivity index (χ1) is 24.6. The van der Waals surface area contributed by atoms with Gasteiger partial charge >= 0.3 is 0 Å². The summed E-state index contributed by atoms with van der Waals surface area (Å²) in [4.78, 5) is 0. The Morgan fingerprint density at radius 2 is 1.27 bits per heavy atom. The quantitative estimate of drug-likeness (QED) is 0.0925. The Balaban J connectivity index is 2.25. The Labute approximate surface area is 291 Å². The summed E-state index contributed by atoms with van der Waals surface area (Å²) in [5.41, 5.74) is -10.6. The van der Waals surface area contributed by atoms with E-state index < -0.39 is 137 Å². The average Bonchev–Trinajstić information content (AvgIpc) is 3.85. The monoisotopic (exact) mass is 741 g/mol. The summed E-state index contributed by atoms with van der Waals surface area (Å²) in [5, 5.41) is 47.4. The molecule has 0 heterocycles. The van der Waals surface area contributed by atoms with Crippen LogP contribution in [0.25, 0.3) is 5.57 Å². The van der Waals surface area contributed by atoms with Crippen LogP contribution in [0.5, 0.6) is 0 Å². The van der Waals surface area contributed by atoms with E-state index in [9.17, 15) is 34.2 Å². The van der Waals surface area contributed by atoms with Gasteiger partial charge in [-0.05, 0) is 30.4 Å².